The lowest BCUT2D eigenvalue weighted by Gasteiger charge is -2.25. The molecule has 1 N–H and O–H groups in total. The van der Waals surface area contributed by atoms with Gasteiger partial charge in [0, 0.05) is 24.9 Å². The molecule has 0 saturated heterocycles. The highest BCUT2D eigenvalue weighted by Crippen LogP contribution is 2.23. The number of nitro groups is 1. The van der Waals surface area contributed by atoms with Crippen LogP contribution < -0.4 is 5.32 Å². The van der Waals surface area contributed by atoms with E-state index in [1.807, 2.05) is 0 Å². The highest BCUT2D eigenvalue weighted by atomic mass is 32.2. The van der Waals surface area contributed by atoms with Crippen LogP contribution in [0.2, 0.25) is 0 Å². The summed E-state index contributed by atoms with van der Waals surface area (Å²) in [6, 6.07) is 11.2. The maximum absolute atomic E-state index is 12.8. The van der Waals surface area contributed by atoms with Gasteiger partial charge < -0.3 is 10.2 Å². The van der Waals surface area contributed by atoms with E-state index in [-0.39, 0.29) is 40.9 Å². The van der Waals surface area contributed by atoms with Crippen molar-refractivity contribution in [1.82, 2.24) is 4.90 Å². The Hall–Kier alpha value is -2.94. The summed E-state index contributed by atoms with van der Waals surface area (Å²) >= 11 is 1.16. The van der Waals surface area contributed by atoms with E-state index < -0.39 is 4.92 Å². The number of hydrogen-bond donors (Lipinski definition) is 1. The molecular weight excluding hydrogens is 385 g/mol. The molecule has 0 aliphatic carbocycles. The third kappa shape index (κ3) is 6.05. The van der Waals surface area contributed by atoms with Crippen molar-refractivity contribution in [2.45, 2.75) is 13.0 Å². The molecule has 28 heavy (non-hydrogen) atoms. The van der Waals surface area contributed by atoms with Crippen LogP contribution in [0.5, 0.6) is 0 Å². The van der Waals surface area contributed by atoms with Gasteiger partial charge in [-0.15, -0.1) is 11.8 Å². The highest BCUT2D eigenvalue weighted by molar-refractivity contribution is 8.00. The van der Waals surface area contributed by atoms with Gasteiger partial charge in [0.2, 0.25) is 11.8 Å². The molecule has 0 fully saturated rings. The first-order valence-corrected chi connectivity index (χ1v) is 9.56. The number of nitrogens with zero attached hydrogens (tertiary/aromatic N) is 2. The average molecular weight is 405 g/mol. The van der Waals surface area contributed by atoms with Crippen molar-refractivity contribution in [3.8, 4) is 0 Å². The van der Waals surface area contributed by atoms with Crippen LogP contribution in [-0.4, -0.2) is 40.2 Å². The summed E-state index contributed by atoms with van der Waals surface area (Å²) in [5.41, 5.74) is 1.11. The fourth-order valence-corrected chi connectivity index (χ4v) is 3.14. The molecule has 2 amide bonds. The van der Waals surface area contributed by atoms with Crippen LogP contribution in [0.25, 0.3) is 0 Å². The van der Waals surface area contributed by atoms with Crippen molar-refractivity contribution >= 4 is 35.0 Å². The second-order valence-electron chi connectivity index (χ2n) is 6.08. The summed E-state index contributed by atoms with van der Waals surface area (Å²) in [5, 5.41) is 13.5. The number of rotatable bonds is 8. The molecule has 0 bridgehead atoms. The van der Waals surface area contributed by atoms with E-state index in [0.29, 0.717) is 11.3 Å². The van der Waals surface area contributed by atoms with Crippen LogP contribution in [-0.2, 0) is 9.59 Å². The Labute approximate surface area is 166 Å². The molecule has 9 heteroatoms. The predicted molar refractivity (Wildman–Crippen MR) is 107 cm³/mol. The van der Waals surface area contributed by atoms with Crippen molar-refractivity contribution in [1.29, 1.82) is 0 Å². The molecular formula is C19H20FN3O4S. The van der Waals surface area contributed by atoms with Gasteiger partial charge in [0.25, 0.3) is 5.69 Å². The normalized spacial score (nSPS) is 11.5. The standard InChI is InChI=1S/C19H20FN3O4S/c1-13(14-4-3-5-17(10-14)23(26)27)22(2)19(25)12-28-11-18(24)21-16-8-6-15(20)7-9-16/h3-10,13H,11-12H2,1-2H3,(H,21,24)/t13-/m0/s1. The molecule has 0 aliphatic heterocycles. The number of amides is 2. The molecule has 0 heterocycles. The zero-order chi connectivity index (χ0) is 20.7. The Morgan fingerprint density at radius 2 is 1.89 bits per heavy atom. The smallest absolute Gasteiger partial charge is 0.269 e. The number of benzene rings is 2. The number of nitro benzene ring substituents is 1. The van der Waals surface area contributed by atoms with Crippen LogP contribution in [0.15, 0.2) is 48.5 Å². The number of carbonyl (C=O) groups excluding carboxylic acids is 2. The van der Waals surface area contributed by atoms with Gasteiger partial charge in [-0.2, -0.15) is 0 Å². The summed E-state index contributed by atoms with van der Waals surface area (Å²) in [7, 11) is 1.62. The molecule has 0 saturated carbocycles. The summed E-state index contributed by atoms with van der Waals surface area (Å²) < 4.78 is 12.8. The van der Waals surface area contributed by atoms with Gasteiger partial charge in [-0.1, -0.05) is 12.1 Å². The van der Waals surface area contributed by atoms with Gasteiger partial charge in [0.05, 0.1) is 22.5 Å². The van der Waals surface area contributed by atoms with Crippen molar-refractivity contribution in [2.24, 2.45) is 0 Å². The fourth-order valence-electron chi connectivity index (χ4n) is 2.40. The zero-order valence-electron chi connectivity index (χ0n) is 15.4. The van der Waals surface area contributed by atoms with E-state index in [0.717, 1.165) is 11.8 Å². The quantitative estimate of drug-likeness (QED) is 0.535. The Balaban J connectivity index is 1.83. The van der Waals surface area contributed by atoms with E-state index >= 15 is 0 Å². The van der Waals surface area contributed by atoms with Crippen LogP contribution in [0.4, 0.5) is 15.8 Å². The summed E-state index contributed by atoms with van der Waals surface area (Å²) in [4.78, 5) is 36.2. The lowest BCUT2D eigenvalue weighted by Crippen LogP contribution is -2.31. The largest absolute Gasteiger partial charge is 0.338 e. The van der Waals surface area contributed by atoms with E-state index in [2.05, 4.69) is 5.32 Å². The third-order valence-electron chi connectivity index (χ3n) is 4.12. The Morgan fingerprint density at radius 1 is 1.21 bits per heavy atom. The average Bonchev–Trinajstić information content (AvgIpc) is 2.68. The van der Waals surface area contributed by atoms with Gasteiger partial charge in [0.1, 0.15) is 5.82 Å². The minimum atomic E-state index is -0.479. The first kappa shape index (κ1) is 21.4. The van der Waals surface area contributed by atoms with E-state index in [1.54, 1.807) is 26.1 Å². The SMILES string of the molecule is C[C@@H](c1cccc([N+](=O)[O-])c1)N(C)C(=O)CSCC(=O)Nc1ccc(F)cc1. The highest BCUT2D eigenvalue weighted by Gasteiger charge is 2.19. The monoisotopic (exact) mass is 405 g/mol. The van der Waals surface area contributed by atoms with Gasteiger partial charge in [-0.25, -0.2) is 4.39 Å². The molecule has 148 valence electrons. The van der Waals surface area contributed by atoms with Crippen molar-refractivity contribution in [3.63, 3.8) is 0 Å². The molecule has 2 rings (SSSR count). The number of thioether (sulfide) groups is 1. The van der Waals surface area contributed by atoms with Gasteiger partial charge in [-0.3, -0.25) is 19.7 Å². The molecule has 0 unspecified atom stereocenters. The number of nitrogens with one attached hydrogen (secondary N) is 1. The second kappa shape index (κ2) is 9.84. The maximum Gasteiger partial charge on any atom is 0.269 e. The van der Waals surface area contributed by atoms with Crippen LogP contribution in [0, 0.1) is 15.9 Å². The summed E-state index contributed by atoms with van der Waals surface area (Å²) in [6.07, 6.45) is 0. The van der Waals surface area contributed by atoms with Gasteiger partial charge in [0.15, 0.2) is 0 Å². The van der Waals surface area contributed by atoms with E-state index in [1.165, 1.54) is 41.3 Å². The fraction of sp³-hybridized carbons (Fsp3) is 0.263. The van der Waals surface area contributed by atoms with Crippen LogP contribution in [0.3, 0.4) is 0 Å². The van der Waals surface area contributed by atoms with Gasteiger partial charge >= 0.3 is 0 Å². The molecule has 0 spiro atoms. The number of hydrogen-bond acceptors (Lipinski definition) is 5. The van der Waals surface area contributed by atoms with Crippen LogP contribution >= 0.6 is 11.8 Å². The molecule has 0 aliphatic rings. The maximum atomic E-state index is 12.8. The predicted octanol–water partition coefficient (Wildman–Crippen LogP) is 3.63. The van der Waals surface area contributed by atoms with E-state index in [4.69, 9.17) is 0 Å². The molecule has 1 atom stereocenters. The third-order valence-corrected chi connectivity index (χ3v) is 5.04. The Bertz CT molecular complexity index is 861. The number of halogens is 1. The van der Waals surface area contributed by atoms with Crippen molar-refractivity contribution in [3.05, 3.63) is 70.0 Å². The van der Waals surface area contributed by atoms with Crippen molar-refractivity contribution < 1.29 is 18.9 Å². The lowest BCUT2D eigenvalue weighted by atomic mass is 10.1. The first-order valence-electron chi connectivity index (χ1n) is 8.41. The topological polar surface area (TPSA) is 92.6 Å². The summed E-state index contributed by atoms with van der Waals surface area (Å²) in [5.74, 6) is -0.717. The minimum absolute atomic E-state index is 0.0305. The Morgan fingerprint density at radius 3 is 2.54 bits per heavy atom. The lowest BCUT2D eigenvalue weighted by molar-refractivity contribution is -0.384. The van der Waals surface area contributed by atoms with Crippen LogP contribution in [0.1, 0.15) is 18.5 Å². The number of anilines is 1. The number of carbonyl (C=O) groups is 2. The van der Waals surface area contributed by atoms with E-state index in [9.17, 15) is 24.1 Å². The van der Waals surface area contributed by atoms with Crippen molar-refractivity contribution in [2.75, 3.05) is 23.9 Å². The molecule has 0 aromatic heterocycles. The second-order valence-corrected chi connectivity index (χ2v) is 7.07. The Kier molecular flexibility index (Phi) is 7.51. The molecule has 0 radical (unpaired) electrons. The first-order chi connectivity index (χ1) is 13.3. The molecule has 7 nitrogen and oxygen atoms in total. The summed E-state index contributed by atoms with van der Waals surface area (Å²) in [6.45, 7) is 1.78. The van der Waals surface area contributed by atoms with Gasteiger partial charge in [-0.05, 0) is 36.8 Å². The zero-order valence-corrected chi connectivity index (χ0v) is 16.2. The minimum Gasteiger partial charge on any atom is -0.338 e. The molecule has 2 aromatic rings. The molecule has 2 aromatic carbocycles. The number of non-ortho nitro benzene ring substituents is 1.